The summed E-state index contributed by atoms with van der Waals surface area (Å²) in [6, 6.07) is 17.2. The summed E-state index contributed by atoms with van der Waals surface area (Å²) in [5.74, 6) is 0.665. The molecule has 1 heterocycles. The van der Waals surface area contributed by atoms with Crippen LogP contribution in [0.15, 0.2) is 84.7 Å². The van der Waals surface area contributed by atoms with Crippen LogP contribution in [0.25, 0.3) is 6.08 Å². The minimum atomic E-state index is -0.0704. The summed E-state index contributed by atoms with van der Waals surface area (Å²) in [6.07, 6.45) is 9.48. The second-order valence-corrected chi connectivity index (χ2v) is 5.13. The Morgan fingerprint density at radius 3 is 2.22 bits per heavy atom. The van der Waals surface area contributed by atoms with Gasteiger partial charge < -0.3 is 4.74 Å². The van der Waals surface area contributed by atoms with Crippen molar-refractivity contribution in [3.8, 4) is 5.75 Å². The summed E-state index contributed by atoms with van der Waals surface area (Å²) in [6.45, 7) is 0. The van der Waals surface area contributed by atoms with E-state index in [0.29, 0.717) is 5.56 Å². The average molecular weight is 303 g/mol. The Morgan fingerprint density at radius 2 is 1.61 bits per heavy atom. The topological polar surface area (TPSA) is 29.5 Å². The smallest absolute Gasteiger partial charge is 0.261 e. The molecular formula is C20H17NO2. The molecule has 3 nitrogen and oxygen atoms in total. The van der Waals surface area contributed by atoms with Crippen LogP contribution in [0, 0.1) is 0 Å². The molecule has 1 aliphatic rings. The van der Waals surface area contributed by atoms with Gasteiger partial charge in [0.15, 0.2) is 0 Å². The normalized spacial score (nSPS) is 13.1. The first-order chi connectivity index (χ1) is 11.3. The van der Waals surface area contributed by atoms with E-state index in [4.69, 9.17) is 4.74 Å². The van der Waals surface area contributed by atoms with Gasteiger partial charge in [-0.2, -0.15) is 0 Å². The number of nitrogens with zero attached hydrogens (tertiary/aromatic N) is 1. The molecule has 23 heavy (non-hydrogen) atoms. The van der Waals surface area contributed by atoms with Gasteiger partial charge in [-0.05, 0) is 53.6 Å². The van der Waals surface area contributed by atoms with Gasteiger partial charge in [0.25, 0.3) is 5.91 Å². The van der Waals surface area contributed by atoms with Crippen LogP contribution in [-0.4, -0.2) is 17.9 Å². The number of benzene rings is 2. The lowest BCUT2D eigenvalue weighted by Crippen LogP contribution is -2.21. The third kappa shape index (κ3) is 3.58. The lowest BCUT2D eigenvalue weighted by atomic mass is 10.1. The van der Waals surface area contributed by atoms with E-state index in [1.54, 1.807) is 48.7 Å². The van der Waals surface area contributed by atoms with E-state index in [9.17, 15) is 4.79 Å². The second-order valence-electron chi connectivity index (χ2n) is 5.13. The monoisotopic (exact) mass is 303 g/mol. The van der Waals surface area contributed by atoms with Gasteiger partial charge in [-0.3, -0.25) is 9.69 Å². The molecule has 0 N–H and O–H groups in total. The lowest BCUT2D eigenvalue weighted by Gasteiger charge is -2.17. The molecule has 0 aromatic heterocycles. The maximum Gasteiger partial charge on any atom is 0.261 e. The quantitative estimate of drug-likeness (QED) is 0.848. The number of allylic oxidation sites excluding steroid dienone is 3. The van der Waals surface area contributed by atoms with Gasteiger partial charge in [0.05, 0.1) is 7.11 Å². The molecule has 3 rings (SSSR count). The van der Waals surface area contributed by atoms with E-state index in [2.05, 4.69) is 6.08 Å². The molecule has 1 aliphatic heterocycles. The first-order valence-corrected chi connectivity index (χ1v) is 7.36. The Kier molecular flexibility index (Phi) is 4.39. The highest BCUT2D eigenvalue weighted by molar-refractivity contribution is 5.96. The predicted octanol–water partition coefficient (Wildman–Crippen LogP) is 4.26. The van der Waals surface area contributed by atoms with E-state index >= 15 is 0 Å². The highest BCUT2D eigenvalue weighted by atomic mass is 16.5. The van der Waals surface area contributed by atoms with E-state index in [1.165, 1.54) is 0 Å². The van der Waals surface area contributed by atoms with Crippen molar-refractivity contribution in [2.24, 2.45) is 0 Å². The van der Waals surface area contributed by atoms with Gasteiger partial charge in [-0.25, -0.2) is 0 Å². The highest BCUT2D eigenvalue weighted by Gasteiger charge is 2.13. The first-order valence-electron chi connectivity index (χ1n) is 7.36. The second kappa shape index (κ2) is 6.79. The molecule has 114 valence electrons. The number of amides is 1. The molecule has 2 aromatic rings. The van der Waals surface area contributed by atoms with E-state index in [0.717, 1.165) is 16.9 Å². The molecule has 2 aromatic carbocycles. The summed E-state index contributed by atoms with van der Waals surface area (Å²) in [5, 5.41) is 0. The Balaban J connectivity index is 1.72. The van der Waals surface area contributed by atoms with E-state index in [-0.39, 0.29) is 5.91 Å². The largest absolute Gasteiger partial charge is 0.497 e. The van der Waals surface area contributed by atoms with Gasteiger partial charge in [-0.15, -0.1) is 0 Å². The van der Waals surface area contributed by atoms with Gasteiger partial charge in [0.1, 0.15) is 5.75 Å². The minimum Gasteiger partial charge on any atom is -0.497 e. The Hall–Kier alpha value is -3.07. The van der Waals surface area contributed by atoms with Crippen LogP contribution in [0.4, 0.5) is 0 Å². The number of ether oxygens (including phenoxy) is 1. The third-order valence-corrected chi connectivity index (χ3v) is 3.56. The fourth-order valence-electron chi connectivity index (χ4n) is 2.29. The highest BCUT2D eigenvalue weighted by Crippen LogP contribution is 2.18. The predicted molar refractivity (Wildman–Crippen MR) is 91.9 cm³/mol. The van der Waals surface area contributed by atoms with Crippen molar-refractivity contribution in [2.75, 3.05) is 7.11 Å². The van der Waals surface area contributed by atoms with Crippen molar-refractivity contribution >= 4 is 12.0 Å². The van der Waals surface area contributed by atoms with Crippen molar-refractivity contribution in [3.63, 3.8) is 0 Å². The molecule has 0 spiro atoms. The zero-order chi connectivity index (χ0) is 16.1. The summed E-state index contributed by atoms with van der Waals surface area (Å²) >= 11 is 0. The van der Waals surface area contributed by atoms with Crippen LogP contribution in [0.2, 0.25) is 0 Å². The van der Waals surface area contributed by atoms with Crippen molar-refractivity contribution in [1.29, 1.82) is 0 Å². The molecule has 0 bridgehead atoms. The SMILES string of the molecule is COc1ccc(C(=O)N2C=CC(=Cc3ccccc3)C=C2)cc1. The molecule has 0 saturated carbocycles. The molecule has 0 unspecified atom stereocenters. The maximum atomic E-state index is 12.4. The van der Waals surface area contributed by atoms with Crippen LogP contribution in [0.3, 0.4) is 0 Å². The Morgan fingerprint density at radius 1 is 0.957 bits per heavy atom. The summed E-state index contributed by atoms with van der Waals surface area (Å²) in [7, 11) is 1.60. The van der Waals surface area contributed by atoms with Crippen LogP contribution in [-0.2, 0) is 0 Å². The number of hydrogen-bond donors (Lipinski definition) is 0. The van der Waals surface area contributed by atoms with Gasteiger partial charge in [-0.1, -0.05) is 30.3 Å². The van der Waals surface area contributed by atoms with Gasteiger partial charge in [0, 0.05) is 18.0 Å². The number of carbonyl (C=O) groups excluding carboxylic acids is 1. The maximum absolute atomic E-state index is 12.4. The van der Waals surface area contributed by atoms with Crippen LogP contribution in [0.1, 0.15) is 15.9 Å². The average Bonchev–Trinajstić information content (AvgIpc) is 2.63. The van der Waals surface area contributed by atoms with Crippen LogP contribution < -0.4 is 4.74 Å². The van der Waals surface area contributed by atoms with Crippen molar-refractivity contribution in [3.05, 3.63) is 95.8 Å². The molecular weight excluding hydrogens is 286 g/mol. The summed E-state index contributed by atoms with van der Waals surface area (Å²) in [4.78, 5) is 14.0. The molecule has 0 fully saturated rings. The van der Waals surface area contributed by atoms with Crippen LogP contribution in [0.5, 0.6) is 5.75 Å². The fraction of sp³-hybridized carbons (Fsp3) is 0.0500. The first kappa shape index (κ1) is 14.9. The standard InChI is InChI=1S/C20H17NO2/c1-23-19-9-7-18(8-10-19)20(22)21-13-11-17(12-14-21)15-16-5-3-2-4-6-16/h2-15H,1H3. The molecule has 0 saturated heterocycles. The zero-order valence-electron chi connectivity index (χ0n) is 12.8. The minimum absolute atomic E-state index is 0.0704. The van der Waals surface area contributed by atoms with Crippen LogP contribution >= 0.6 is 0 Å². The number of methoxy groups -OCH3 is 1. The third-order valence-electron chi connectivity index (χ3n) is 3.56. The molecule has 3 heteroatoms. The zero-order valence-corrected chi connectivity index (χ0v) is 12.8. The number of carbonyl (C=O) groups is 1. The summed E-state index contributed by atoms with van der Waals surface area (Å²) < 4.78 is 5.10. The fourth-order valence-corrected chi connectivity index (χ4v) is 2.29. The van der Waals surface area contributed by atoms with Gasteiger partial charge in [0.2, 0.25) is 0 Å². The van der Waals surface area contributed by atoms with Crippen molar-refractivity contribution in [1.82, 2.24) is 4.90 Å². The molecule has 1 amide bonds. The molecule has 0 atom stereocenters. The van der Waals surface area contributed by atoms with Crippen molar-refractivity contribution < 1.29 is 9.53 Å². The summed E-state index contributed by atoms with van der Waals surface area (Å²) in [5.41, 5.74) is 2.80. The lowest BCUT2D eigenvalue weighted by molar-refractivity contribution is 0.0868. The molecule has 0 aliphatic carbocycles. The van der Waals surface area contributed by atoms with E-state index < -0.39 is 0 Å². The number of hydrogen-bond acceptors (Lipinski definition) is 2. The van der Waals surface area contributed by atoms with Gasteiger partial charge >= 0.3 is 0 Å². The van der Waals surface area contributed by atoms with E-state index in [1.807, 2.05) is 42.5 Å². The molecule has 0 radical (unpaired) electrons. The Bertz CT molecular complexity index is 755. The number of rotatable bonds is 3. The Labute approximate surface area is 135 Å². The van der Waals surface area contributed by atoms with Crippen molar-refractivity contribution in [2.45, 2.75) is 0 Å².